The summed E-state index contributed by atoms with van der Waals surface area (Å²) in [6, 6.07) is 22.3. The molecule has 3 aromatic rings. The Hall–Kier alpha value is -3.73. The van der Waals surface area contributed by atoms with Crippen LogP contribution in [0.4, 0.5) is 10.5 Å². The summed E-state index contributed by atoms with van der Waals surface area (Å²) >= 11 is 0. The molecule has 0 saturated carbocycles. The number of carbonyl (C=O) groups excluding carboxylic acids is 3. The summed E-state index contributed by atoms with van der Waals surface area (Å²) < 4.78 is 0. The molecule has 0 unspecified atom stereocenters. The van der Waals surface area contributed by atoms with Gasteiger partial charge in [-0.05, 0) is 46.9 Å². The fourth-order valence-corrected chi connectivity index (χ4v) is 4.04. The van der Waals surface area contributed by atoms with Gasteiger partial charge in [0.05, 0.1) is 6.54 Å². The van der Waals surface area contributed by atoms with E-state index < -0.39 is 6.03 Å². The van der Waals surface area contributed by atoms with Crippen LogP contribution in [0.5, 0.6) is 0 Å². The zero-order chi connectivity index (χ0) is 20.0. The number of fused-ring (bicyclic) bond motifs is 3. The first-order valence-electron chi connectivity index (χ1n) is 9.53. The Labute approximate surface area is 168 Å². The molecule has 5 heteroatoms. The van der Waals surface area contributed by atoms with Gasteiger partial charge in [-0.3, -0.25) is 19.4 Å². The molecule has 1 fully saturated rings. The lowest BCUT2D eigenvalue weighted by Crippen LogP contribution is -2.37. The molecule has 29 heavy (non-hydrogen) atoms. The monoisotopic (exact) mass is 382 g/mol. The van der Waals surface area contributed by atoms with E-state index in [0.717, 1.165) is 22.4 Å². The predicted octanol–water partition coefficient (Wildman–Crippen LogP) is 3.91. The average Bonchev–Trinajstić information content (AvgIpc) is 3.26. The molecule has 0 radical (unpaired) electrons. The van der Waals surface area contributed by atoms with Crippen molar-refractivity contribution in [3.05, 3.63) is 89.5 Å². The smallest absolute Gasteiger partial charge is 0.292 e. The Morgan fingerprint density at radius 3 is 2.38 bits per heavy atom. The standard InChI is InChI=1S/C24H18N2O3/c27-22(14-26-23(28)15-25(24(26)29)19-7-2-1-3-8-19)18-11-10-17-12-16-6-4-5-9-20(16)21(17)13-18/h1-11,13H,12,14-15H2. The van der Waals surface area contributed by atoms with Gasteiger partial charge in [0, 0.05) is 11.3 Å². The number of rotatable bonds is 4. The molecule has 5 nitrogen and oxygen atoms in total. The first-order chi connectivity index (χ1) is 14.1. The Balaban J connectivity index is 1.38. The molecule has 0 bridgehead atoms. The van der Waals surface area contributed by atoms with E-state index >= 15 is 0 Å². The second-order valence-corrected chi connectivity index (χ2v) is 7.31. The number of anilines is 1. The van der Waals surface area contributed by atoms with Crippen LogP contribution in [0, 0.1) is 0 Å². The second kappa shape index (κ2) is 6.71. The summed E-state index contributed by atoms with van der Waals surface area (Å²) in [5.74, 6) is -0.604. The predicted molar refractivity (Wildman–Crippen MR) is 110 cm³/mol. The molecule has 1 aliphatic heterocycles. The summed E-state index contributed by atoms with van der Waals surface area (Å²) in [6.07, 6.45) is 0.856. The minimum atomic E-state index is -0.457. The van der Waals surface area contributed by atoms with E-state index in [-0.39, 0.29) is 24.8 Å². The molecule has 1 saturated heterocycles. The van der Waals surface area contributed by atoms with Gasteiger partial charge in [0.15, 0.2) is 5.78 Å². The Kier molecular flexibility index (Phi) is 4.02. The molecule has 2 aliphatic rings. The highest BCUT2D eigenvalue weighted by Crippen LogP contribution is 2.37. The summed E-state index contributed by atoms with van der Waals surface area (Å²) in [5.41, 5.74) is 5.79. The van der Waals surface area contributed by atoms with Crippen molar-refractivity contribution in [1.29, 1.82) is 0 Å². The molecule has 0 atom stereocenters. The van der Waals surface area contributed by atoms with Crippen LogP contribution >= 0.6 is 0 Å². The van der Waals surface area contributed by atoms with E-state index in [9.17, 15) is 14.4 Å². The number of carbonyl (C=O) groups is 3. The van der Waals surface area contributed by atoms with Gasteiger partial charge in [-0.25, -0.2) is 4.79 Å². The van der Waals surface area contributed by atoms with E-state index in [4.69, 9.17) is 0 Å². The average molecular weight is 382 g/mol. The highest BCUT2D eigenvalue weighted by molar-refractivity contribution is 6.15. The van der Waals surface area contributed by atoms with Gasteiger partial charge in [0.25, 0.3) is 5.91 Å². The number of Topliss-reactive ketones (excluding diaryl/α,β-unsaturated/α-hetero) is 1. The maximum absolute atomic E-state index is 12.9. The van der Waals surface area contributed by atoms with Gasteiger partial charge in [-0.1, -0.05) is 54.6 Å². The fourth-order valence-electron chi connectivity index (χ4n) is 4.04. The van der Waals surface area contributed by atoms with Crippen LogP contribution in [0.15, 0.2) is 72.8 Å². The van der Waals surface area contributed by atoms with Crippen molar-refractivity contribution in [3.8, 4) is 11.1 Å². The highest BCUT2D eigenvalue weighted by atomic mass is 16.2. The maximum Gasteiger partial charge on any atom is 0.332 e. The summed E-state index contributed by atoms with van der Waals surface area (Å²) in [5, 5.41) is 0. The molecule has 0 N–H and O–H groups in total. The number of hydrogen-bond acceptors (Lipinski definition) is 3. The number of ketones is 1. The molecule has 3 aromatic carbocycles. The van der Waals surface area contributed by atoms with Crippen LogP contribution in [0.25, 0.3) is 11.1 Å². The minimum Gasteiger partial charge on any atom is -0.292 e. The summed E-state index contributed by atoms with van der Waals surface area (Å²) in [4.78, 5) is 40.4. The molecule has 3 amide bonds. The molecule has 1 aliphatic carbocycles. The number of para-hydroxylation sites is 1. The number of urea groups is 1. The topological polar surface area (TPSA) is 57.7 Å². The first kappa shape index (κ1) is 17.4. The van der Waals surface area contributed by atoms with E-state index in [1.54, 1.807) is 18.2 Å². The first-order valence-corrected chi connectivity index (χ1v) is 9.53. The SMILES string of the molecule is O=C(CN1C(=O)CN(c2ccccc2)C1=O)c1ccc2c(c1)-c1ccccc1C2. The number of benzene rings is 3. The fraction of sp³-hybridized carbons (Fsp3) is 0.125. The zero-order valence-electron chi connectivity index (χ0n) is 15.7. The van der Waals surface area contributed by atoms with Crippen LogP contribution in [-0.4, -0.2) is 35.7 Å². The molecule has 1 heterocycles. The van der Waals surface area contributed by atoms with Crippen LogP contribution in [0.1, 0.15) is 21.5 Å². The van der Waals surface area contributed by atoms with Gasteiger partial charge >= 0.3 is 6.03 Å². The van der Waals surface area contributed by atoms with Crippen LogP contribution in [0.3, 0.4) is 0 Å². The lowest BCUT2D eigenvalue weighted by Gasteiger charge is -2.16. The van der Waals surface area contributed by atoms with Crippen molar-refractivity contribution in [1.82, 2.24) is 4.90 Å². The third-order valence-electron chi connectivity index (χ3n) is 5.55. The molecule has 142 valence electrons. The Morgan fingerprint density at radius 2 is 1.55 bits per heavy atom. The van der Waals surface area contributed by atoms with Crippen molar-refractivity contribution in [2.75, 3.05) is 18.0 Å². The lowest BCUT2D eigenvalue weighted by molar-refractivity contribution is -0.124. The lowest BCUT2D eigenvalue weighted by atomic mass is 10.0. The van der Waals surface area contributed by atoms with Crippen molar-refractivity contribution in [2.24, 2.45) is 0 Å². The number of hydrogen-bond donors (Lipinski definition) is 0. The van der Waals surface area contributed by atoms with Crippen molar-refractivity contribution >= 4 is 23.4 Å². The molecular weight excluding hydrogens is 364 g/mol. The van der Waals surface area contributed by atoms with Crippen molar-refractivity contribution in [2.45, 2.75) is 6.42 Å². The third kappa shape index (κ3) is 2.91. The maximum atomic E-state index is 12.9. The van der Waals surface area contributed by atoms with Gasteiger partial charge < -0.3 is 0 Å². The van der Waals surface area contributed by atoms with Gasteiger partial charge in [-0.2, -0.15) is 0 Å². The second-order valence-electron chi connectivity index (χ2n) is 7.31. The normalized spacial score (nSPS) is 14.9. The quantitative estimate of drug-likeness (QED) is 0.397. The molecule has 5 rings (SSSR count). The van der Waals surface area contributed by atoms with Gasteiger partial charge in [-0.15, -0.1) is 0 Å². The molecular formula is C24H18N2O3. The van der Waals surface area contributed by atoms with E-state index in [2.05, 4.69) is 12.1 Å². The molecule has 0 spiro atoms. The van der Waals surface area contributed by atoms with E-state index in [1.165, 1.54) is 16.0 Å². The number of imide groups is 1. The van der Waals surface area contributed by atoms with Crippen molar-refractivity contribution in [3.63, 3.8) is 0 Å². The number of amides is 3. The number of nitrogens with zero attached hydrogens (tertiary/aromatic N) is 2. The van der Waals surface area contributed by atoms with E-state index in [1.807, 2.05) is 42.5 Å². The largest absolute Gasteiger partial charge is 0.332 e. The van der Waals surface area contributed by atoms with E-state index in [0.29, 0.717) is 11.3 Å². The summed E-state index contributed by atoms with van der Waals surface area (Å²) in [7, 11) is 0. The third-order valence-corrected chi connectivity index (χ3v) is 5.55. The Bertz CT molecular complexity index is 1150. The minimum absolute atomic E-state index is 0.0479. The van der Waals surface area contributed by atoms with Crippen molar-refractivity contribution < 1.29 is 14.4 Å². The summed E-state index contributed by atoms with van der Waals surface area (Å²) in [6.45, 7) is -0.297. The van der Waals surface area contributed by atoms with Crippen LogP contribution in [-0.2, 0) is 11.2 Å². The zero-order valence-corrected chi connectivity index (χ0v) is 15.7. The van der Waals surface area contributed by atoms with Crippen LogP contribution in [0.2, 0.25) is 0 Å². The highest BCUT2D eigenvalue weighted by Gasteiger charge is 2.38. The van der Waals surface area contributed by atoms with Gasteiger partial charge in [0.1, 0.15) is 6.54 Å². The molecule has 0 aromatic heterocycles. The van der Waals surface area contributed by atoms with Gasteiger partial charge in [0.2, 0.25) is 0 Å². The van der Waals surface area contributed by atoms with Crippen LogP contribution < -0.4 is 4.90 Å². The Morgan fingerprint density at radius 1 is 0.828 bits per heavy atom.